The van der Waals surface area contributed by atoms with Gasteiger partial charge in [0.1, 0.15) is 5.69 Å². The Morgan fingerprint density at radius 2 is 2.50 bits per heavy atom. The Balaban J connectivity index is 2.02. The van der Waals surface area contributed by atoms with Gasteiger partial charge in [-0.1, -0.05) is 0 Å². The second kappa shape index (κ2) is 7.16. The van der Waals surface area contributed by atoms with E-state index in [-0.39, 0.29) is 18.6 Å². The Kier molecular flexibility index (Phi) is 5.25. The number of H-pyrrole nitrogens is 1. The SMILES string of the molecule is CSCC(CCO)NC(=O)c1cc(-c2ccco2)[nH]n1. The molecule has 0 aliphatic rings. The largest absolute Gasteiger partial charge is 0.463 e. The molecule has 0 radical (unpaired) electrons. The van der Waals surface area contributed by atoms with Gasteiger partial charge in [-0.05, 0) is 24.8 Å². The first-order valence-electron chi connectivity index (χ1n) is 6.24. The van der Waals surface area contributed by atoms with Crippen LogP contribution in [0.25, 0.3) is 11.5 Å². The smallest absolute Gasteiger partial charge is 0.272 e. The van der Waals surface area contributed by atoms with Crippen LogP contribution in [0.1, 0.15) is 16.9 Å². The third-order valence-electron chi connectivity index (χ3n) is 2.78. The molecule has 6 nitrogen and oxygen atoms in total. The minimum atomic E-state index is -0.258. The van der Waals surface area contributed by atoms with Crippen LogP contribution < -0.4 is 5.32 Å². The molecule has 1 unspecified atom stereocenters. The summed E-state index contributed by atoms with van der Waals surface area (Å²) in [5, 5.41) is 18.6. The van der Waals surface area contributed by atoms with Gasteiger partial charge in [-0.2, -0.15) is 16.9 Å². The average Bonchev–Trinajstić information content (AvgIpc) is 3.10. The van der Waals surface area contributed by atoms with Crippen LogP contribution in [-0.4, -0.2) is 45.9 Å². The molecule has 0 saturated heterocycles. The highest BCUT2D eigenvalue weighted by atomic mass is 32.2. The van der Waals surface area contributed by atoms with Crippen LogP contribution in [-0.2, 0) is 0 Å². The molecule has 108 valence electrons. The first-order chi connectivity index (χ1) is 9.74. The maximum Gasteiger partial charge on any atom is 0.272 e. The van der Waals surface area contributed by atoms with E-state index in [9.17, 15) is 4.79 Å². The molecule has 0 fully saturated rings. The number of amides is 1. The zero-order valence-electron chi connectivity index (χ0n) is 11.1. The molecule has 0 aliphatic carbocycles. The Hall–Kier alpha value is -1.73. The van der Waals surface area contributed by atoms with Crippen molar-refractivity contribution in [3.05, 3.63) is 30.2 Å². The van der Waals surface area contributed by atoms with Gasteiger partial charge >= 0.3 is 0 Å². The number of nitrogens with zero attached hydrogens (tertiary/aromatic N) is 1. The Bertz CT molecular complexity index is 533. The quantitative estimate of drug-likeness (QED) is 0.720. The van der Waals surface area contributed by atoms with Crippen molar-refractivity contribution in [3.8, 4) is 11.5 Å². The number of aliphatic hydroxyl groups excluding tert-OH is 1. The molecule has 0 spiro atoms. The maximum atomic E-state index is 12.1. The van der Waals surface area contributed by atoms with Crippen LogP contribution in [0.4, 0.5) is 0 Å². The van der Waals surface area contributed by atoms with Crippen molar-refractivity contribution < 1.29 is 14.3 Å². The van der Waals surface area contributed by atoms with Crippen LogP contribution in [0.5, 0.6) is 0 Å². The van der Waals surface area contributed by atoms with Crippen LogP contribution in [0.3, 0.4) is 0 Å². The number of thioether (sulfide) groups is 1. The van der Waals surface area contributed by atoms with E-state index in [1.54, 1.807) is 36.2 Å². The van der Waals surface area contributed by atoms with Gasteiger partial charge in [0.25, 0.3) is 5.91 Å². The summed E-state index contributed by atoms with van der Waals surface area (Å²) >= 11 is 1.62. The molecule has 1 atom stereocenters. The minimum absolute atomic E-state index is 0.0454. The molecule has 0 saturated carbocycles. The number of hydrogen-bond acceptors (Lipinski definition) is 5. The topological polar surface area (TPSA) is 91.1 Å². The number of carbonyl (C=O) groups is 1. The van der Waals surface area contributed by atoms with E-state index in [1.807, 2.05) is 6.26 Å². The molecule has 1 amide bonds. The number of furan rings is 1. The number of nitrogens with one attached hydrogen (secondary N) is 2. The Labute approximate surface area is 120 Å². The molecule has 2 rings (SSSR count). The Morgan fingerprint density at radius 3 is 3.15 bits per heavy atom. The van der Waals surface area contributed by atoms with Gasteiger partial charge in [-0.25, -0.2) is 0 Å². The number of rotatable bonds is 7. The predicted octanol–water partition coefficient (Wildman–Crippen LogP) is 1.51. The molecule has 2 aromatic rings. The summed E-state index contributed by atoms with van der Waals surface area (Å²) in [5.41, 5.74) is 0.962. The number of carbonyl (C=O) groups excluding carboxylic acids is 1. The molecule has 20 heavy (non-hydrogen) atoms. The average molecular weight is 295 g/mol. The molecule has 0 bridgehead atoms. The summed E-state index contributed by atoms with van der Waals surface area (Å²) in [5.74, 6) is 1.13. The fourth-order valence-corrected chi connectivity index (χ4v) is 2.46. The fourth-order valence-electron chi connectivity index (χ4n) is 1.81. The lowest BCUT2D eigenvalue weighted by Gasteiger charge is -2.15. The van der Waals surface area contributed by atoms with Gasteiger partial charge in [-0.15, -0.1) is 0 Å². The fraction of sp³-hybridized carbons (Fsp3) is 0.385. The van der Waals surface area contributed by atoms with E-state index in [0.29, 0.717) is 23.6 Å². The Morgan fingerprint density at radius 1 is 1.65 bits per heavy atom. The lowest BCUT2D eigenvalue weighted by atomic mass is 10.2. The summed E-state index contributed by atoms with van der Waals surface area (Å²) < 4.78 is 5.23. The van der Waals surface area contributed by atoms with E-state index < -0.39 is 0 Å². The van der Waals surface area contributed by atoms with Crippen LogP contribution in [0.2, 0.25) is 0 Å². The van der Waals surface area contributed by atoms with Gasteiger partial charge in [0.2, 0.25) is 0 Å². The summed E-state index contributed by atoms with van der Waals surface area (Å²) in [7, 11) is 0. The van der Waals surface area contributed by atoms with Gasteiger partial charge in [0.15, 0.2) is 11.5 Å². The monoisotopic (exact) mass is 295 g/mol. The number of aromatic nitrogens is 2. The molecule has 2 aromatic heterocycles. The summed E-state index contributed by atoms with van der Waals surface area (Å²) in [6.07, 6.45) is 4.05. The predicted molar refractivity (Wildman–Crippen MR) is 77.6 cm³/mol. The maximum absolute atomic E-state index is 12.1. The highest BCUT2D eigenvalue weighted by Gasteiger charge is 2.16. The zero-order chi connectivity index (χ0) is 14.4. The number of hydrogen-bond donors (Lipinski definition) is 3. The van der Waals surface area contributed by atoms with E-state index in [2.05, 4.69) is 15.5 Å². The van der Waals surface area contributed by atoms with Crippen molar-refractivity contribution in [2.24, 2.45) is 0 Å². The molecular weight excluding hydrogens is 278 g/mol. The standard InChI is InChI=1S/C13H17N3O3S/c1-20-8-9(4-5-17)14-13(18)11-7-10(15-16-11)12-3-2-6-19-12/h2-3,6-7,9,17H,4-5,8H2,1H3,(H,14,18)(H,15,16). The van der Waals surface area contributed by atoms with E-state index in [4.69, 9.17) is 9.52 Å². The summed E-state index contributed by atoms with van der Waals surface area (Å²) in [4.78, 5) is 12.1. The van der Waals surface area contributed by atoms with Crippen LogP contribution in [0.15, 0.2) is 28.9 Å². The lowest BCUT2D eigenvalue weighted by molar-refractivity contribution is 0.0930. The molecule has 2 heterocycles. The number of aromatic amines is 1. The highest BCUT2D eigenvalue weighted by Crippen LogP contribution is 2.17. The van der Waals surface area contributed by atoms with Gasteiger partial charge in [0.05, 0.1) is 6.26 Å². The van der Waals surface area contributed by atoms with E-state index >= 15 is 0 Å². The summed E-state index contributed by atoms with van der Waals surface area (Å²) in [6, 6.07) is 5.14. The van der Waals surface area contributed by atoms with Crippen molar-refractivity contribution in [3.63, 3.8) is 0 Å². The third kappa shape index (κ3) is 3.64. The minimum Gasteiger partial charge on any atom is -0.463 e. The molecule has 0 aliphatic heterocycles. The van der Waals surface area contributed by atoms with Gasteiger partial charge < -0.3 is 14.8 Å². The van der Waals surface area contributed by atoms with E-state index in [0.717, 1.165) is 5.75 Å². The van der Waals surface area contributed by atoms with Gasteiger partial charge in [-0.3, -0.25) is 9.89 Å². The summed E-state index contributed by atoms with van der Waals surface area (Å²) in [6.45, 7) is 0.0454. The normalized spacial score (nSPS) is 12.3. The van der Waals surface area contributed by atoms with Gasteiger partial charge in [0, 0.05) is 24.5 Å². The first-order valence-corrected chi connectivity index (χ1v) is 7.64. The lowest BCUT2D eigenvalue weighted by Crippen LogP contribution is -2.37. The van der Waals surface area contributed by atoms with E-state index in [1.165, 1.54) is 0 Å². The molecule has 3 N–H and O–H groups in total. The highest BCUT2D eigenvalue weighted by molar-refractivity contribution is 7.98. The van der Waals surface area contributed by atoms with Crippen molar-refractivity contribution in [1.82, 2.24) is 15.5 Å². The third-order valence-corrected chi connectivity index (χ3v) is 3.51. The van der Waals surface area contributed by atoms with Crippen molar-refractivity contribution in [2.75, 3.05) is 18.6 Å². The second-order valence-corrected chi connectivity index (χ2v) is 5.19. The van der Waals surface area contributed by atoms with Crippen LogP contribution >= 0.6 is 11.8 Å². The van der Waals surface area contributed by atoms with Crippen molar-refractivity contribution in [1.29, 1.82) is 0 Å². The van der Waals surface area contributed by atoms with Crippen molar-refractivity contribution >= 4 is 17.7 Å². The zero-order valence-corrected chi connectivity index (χ0v) is 11.9. The molecule has 0 aromatic carbocycles. The van der Waals surface area contributed by atoms with Crippen molar-refractivity contribution in [2.45, 2.75) is 12.5 Å². The number of aliphatic hydroxyl groups is 1. The first kappa shape index (κ1) is 14.7. The van der Waals surface area contributed by atoms with Crippen LogP contribution in [0, 0.1) is 0 Å². The molecular formula is C13H17N3O3S. The second-order valence-electron chi connectivity index (χ2n) is 4.28. The molecule has 7 heteroatoms.